The number of ether oxygens (including phenoxy) is 5. The number of imide groups is 1. The molecule has 2 atom stereocenters. The van der Waals surface area contributed by atoms with Gasteiger partial charge in [-0.3, -0.25) is 34.2 Å². The van der Waals surface area contributed by atoms with Crippen LogP contribution in [0.25, 0.3) is 10.9 Å². The van der Waals surface area contributed by atoms with Crippen molar-refractivity contribution in [3.63, 3.8) is 0 Å². The molecule has 6 rings (SSSR count). The maximum Gasteiger partial charge on any atom is 0.323 e. The third-order valence-corrected chi connectivity index (χ3v) is 9.82. The summed E-state index contributed by atoms with van der Waals surface area (Å²) < 4.78 is 27.5. The average Bonchev–Trinajstić information content (AvgIpc) is 3.85. The highest BCUT2D eigenvalue weighted by molar-refractivity contribution is 6.06. The number of aliphatic hydroxyl groups is 1. The van der Waals surface area contributed by atoms with Crippen LogP contribution >= 0.6 is 0 Å². The van der Waals surface area contributed by atoms with Gasteiger partial charge in [0.25, 0.3) is 5.91 Å². The number of aliphatic hydroxyl groups excluding tert-OH is 1. The van der Waals surface area contributed by atoms with Crippen molar-refractivity contribution in [2.45, 2.75) is 25.1 Å². The molecule has 2 unspecified atom stereocenters. The number of nitrogens with zero attached hydrogens (tertiary/aromatic N) is 1. The summed E-state index contributed by atoms with van der Waals surface area (Å²) in [6.45, 7) is 4.40. The van der Waals surface area contributed by atoms with Gasteiger partial charge in [-0.25, -0.2) is 4.79 Å². The van der Waals surface area contributed by atoms with Gasteiger partial charge in [-0.1, -0.05) is 0 Å². The number of carbonyl (C=O) groups excluding carboxylic acids is 6. The summed E-state index contributed by atoms with van der Waals surface area (Å²) in [6, 6.07) is 17.7. The van der Waals surface area contributed by atoms with Gasteiger partial charge >= 0.3 is 6.03 Å². The van der Waals surface area contributed by atoms with Crippen LogP contribution in [0, 0.1) is 0 Å². The Labute approximate surface area is 368 Å². The quantitative estimate of drug-likeness (QED) is 0.0271. The minimum absolute atomic E-state index is 0.101. The number of hydrogen-bond donors (Lipinski definition) is 8. The number of nitrogens with one attached hydrogen (secondary N) is 7. The number of rotatable bonds is 25. The van der Waals surface area contributed by atoms with Crippen LogP contribution in [0.15, 0.2) is 85.1 Å². The highest BCUT2D eigenvalue weighted by Crippen LogP contribution is 2.36. The van der Waals surface area contributed by atoms with E-state index in [1.54, 1.807) is 48.5 Å². The Balaban J connectivity index is 0.693. The molecule has 8 N–H and O–H groups in total. The summed E-state index contributed by atoms with van der Waals surface area (Å²) in [5.41, 5.74) is 4.03. The lowest BCUT2D eigenvalue weighted by molar-refractivity contribution is -0.139. The molecule has 3 aromatic carbocycles. The molecule has 3 heterocycles. The lowest BCUT2D eigenvalue weighted by atomic mass is 10.0. The summed E-state index contributed by atoms with van der Waals surface area (Å²) in [6.07, 6.45) is 3.05. The van der Waals surface area contributed by atoms with Crippen LogP contribution in [0.4, 0.5) is 27.5 Å². The maximum absolute atomic E-state index is 12.9. The number of fused-ring (bicyclic) bond motifs is 2. The molecule has 7 amide bonds. The van der Waals surface area contributed by atoms with Gasteiger partial charge in [0.05, 0.1) is 66.1 Å². The minimum atomic E-state index is -1.29. The second kappa shape index (κ2) is 24.2. The first kappa shape index (κ1) is 46.8. The fraction of sp³-hybridized carbons (Fsp3) is 0.364. The molecule has 20 heteroatoms. The number of amides is 7. The van der Waals surface area contributed by atoms with Crippen molar-refractivity contribution in [3.05, 3.63) is 96.2 Å². The Bertz CT molecular complexity index is 2270. The SMILES string of the molecule is O=C(/C=C/C(=O)Nc1ccc(NC(=O)Nc2ccc3[nH]ccc3c2)cc1)NCCOCCOCCOCCOCCOCCNc1ccc2c(c1)C(O)N(C1CCC(=O)NC1=O)C2=O. The van der Waals surface area contributed by atoms with Crippen molar-refractivity contribution in [1.29, 1.82) is 0 Å². The van der Waals surface area contributed by atoms with Gasteiger partial charge in [-0.2, -0.15) is 0 Å². The molecule has 20 nitrogen and oxygen atoms in total. The molecule has 1 saturated heterocycles. The fourth-order valence-corrected chi connectivity index (χ4v) is 6.69. The van der Waals surface area contributed by atoms with Gasteiger partial charge in [0.2, 0.25) is 23.6 Å². The van der Waals surface area contributed by atoms with Crippen LogP contribution in [0.1, 0.15) is 35.0 Å². The van der Waals surface area contributed by atoms with E-state index in [0.717, 1.165) is 28.0 Å². The normalized spacial score (nSPS) is 15.9. The Hall–Kier alpha value is -6.68. The van der Waals surface area contributed by atoms with Crippen molar-refractivity contribution in [3.8, 4) is 0 Å². The smallest absolute Gasteiger partial charge is 0.323 e. The van der Waals surface area contributed by atoms with Gasteiger partial charge in [0.15, 0.2) is 6.23 Å². The number of piperidine rings is 1. The largest absolute Gasteiger partial charge is 0.383 e. The molecule has 0 radical (unpaired) electrons. The zero-order chi connectivity index (χ0) is 45.1. The Morgan fingerprint density at radius 3 is 1.92 bits per heavy atom. The van der Waals surface area contributed by atoms with Crippen LogP contribution in [0.5, 0.6) is 0 Å². The molecule has 340 valence electrons. The van der Waals surface area contributed by atoms with E-state index in [1.807, 2.05) is 24.4 Å². The number of urea groups is 1. The van der Waals surface area contributed by atoms with Crippen LogP contribution < -0.4 is 31.9 Å². The van der Waals surface area contributed by atoms with Crippen LogP contribution in [-0.2, 0) is 42.9 Å². The topological polar surface area (TPSA) is 260 Å². The van der Waals surface area contributed by atoms with Crippen molar-refractivity contribution in [2.24, 2.45) is 0 Å². The van der Waals surface area contributed by atoms with Crippen LogP contribution in [0.2, 0.25) is 0 Å². The van der Waals surface area contributed by atoms with E-state index < -0.39 is 47.8 Å². The summed E-state index contributed by atoms with van der Waals surface area (Å²) in [5, 5.41) is 28.0. The van der Waals surface area contributed by atoms with Gasteiger partial charge in [0.1, 0.15) is 6.04 Å². The Kier molecular flexibility index (Phi) is 17.7. The molecule has 2 aliphatic rings. The second-order valence-corrected chi connectivity index (χ2v) is 14.4. The van der Waals surface area contributed by atoms with Gasteiger partial charge in [0, 0.05) is 82.6 Å². The monoisotopic (exact) mass is 884 g/mol. The third-order valence-electron chi connectivity index (χ3n) is 9.82. The van der Waals surface area contributed by atoms with Crippen LogP contribution in [-0.4, -0.2) is 136 Å². The molecule has 0 bridgehead atoms. The van der Waals surface area contributed by atoms with E-state index in [1.165, 1.54) is 0 Å². The minimum Gasteiger partial charge on any atom is -0.383 e. The first-order valence-corrected chi connectivity index (χ1v) is 20.8. The van der Waals surface area contributed by atoms with E-state index >= 15 is 0 Å². The van der Waals surface area contributed by atoms with E-state index in [4.69, 9.17) is 23.7 Å². The van der Waals surface area contributed by atoms with Crippen molar-refractivity contribution in [1.82, 2.24) is 20.5 Å². The van der Waals surface area contributed by atoms with Gasteiger partial charge in [-0.15, -0.1) is 0 Å². The van der Waals surface area contributed by atoms with Crippen LogP contribution in [0.3, 0.4) is 0 Å². The van der Waals surface area contributed by atoms with Crippen molar-refractivity contribution in [2.75, 3.05) is 100 Å². The summed E-state index contributed by atoms with van der Waals surface area (Å²) in [4.78, 5) is 77.7. The van der Waals surface area contributed by atoms with E-state index in [0.29, 0.717) is 99.9 Å². The Morgan fingerprint density at radius 2 is 1.25 bits per heavy atom. The Morgan fingerprint density at radius 1 is 0.672 bits per heavy atom. The van der Waals surface area contributed by atoms with E-state index in [-0.39, 0.29) is 26.0 Å². The summed E-state index contributed by atoms with van der Waals surface area (Å²) >= 11 is 0. The molecule has 0 spiro atoms. The second-order valence-electron chi connectivity index (χ2n) is 14.4. The first-order chi connectivity index (χ1) is 31.1. The van der Waals surface area contributed by atoms with E-state index in [2.05, 4.69) is 36.9 Å². The van der Waals surface area contributed by atoms with Gasteiger partial charge < -0.3 is 60.4 Å². The number of hydrogen-bond acceptors (Lipinski definition) is 13. The lowest BCUT2D eigenvalue weighted by Crippen LogP contribution is -2.53. The fourth-order valence-electron chi connectivity index (χ4n) is 6.69. The summed E-state index contributed by atoms with van der Waals surface area (Å²) in [5.74, 6) is -2.38. The highest BCUT2D eigenvalue weighted by atomic mass is 16.6. The molecule has 1 aromatic heterocycles. The number of aromatic nitrogens is 1. The van der Waals surface area contributed by atoms with Crippen molar-refractivity contribution >= 4 is 69.2 Å². The maximum atomic E-state index is 12.9. The lowest BCUT2D eigenvalue weighted by Gasteiger charge is -2.31. The number of anilines is 4. The third kappa shape index (κ3) is 14.2. The number of aromatic amines is 1. The van der Waals surface area contributed by atoms with Gasteiger partial charge in [-0.05, 0) is 73.2 Å². The molecular formula is C44H52N8O12. The van der Waals surface area contributed by atoms with Crippen molar-refractivity contribution < 1.29 is 57.6 Å². The number of benzene rings is 3. The zero-order valence-corrected chi connectivity index (χ0v) is 35.0. The number of carbonyl (C=O) groups is 6. The predicted molar refractivity (Wildman–Crippen MR) is 234 cm³/mol. The molecule has 0 saturated carbocycles. The average molecular weight is 885 g/mol. The predicted octanol–water partition coefficient (Wildman–Crippen LogP) is 2.87. The van der Waals surface area contributed by atoms with E-state index in [9.17, 15) is 33.9 Å². The number of H-pyrrole nitrogens is 1. The highest BCUT2D eigenvalue weighted by Gasteiger charge is 2.44. The molecule has 4 aromatic rings. The molecule has 0 aliphatic carbocycles. The molecule has 64 heavy (non-hydrogen) atoms. The molecular weight excluding hydrogens is 833 g/mol. The standard InChI is InChI=1S/C44H52N8O12/c53-38(11-12-39(54)48-30-1-3-31(4-2-30)49-44(59)50-33-6-8-36-29(27-33)13-14-46-36)47-16-18-61-20-22-63-24-26-64-25-23-62-21-19-60-17-15-45-32-5-7-34-35(28-32)43(58)52(42(34)57)37-9-10-40(55)51-41(37)56/h1-8,11-14,27-28,37,43,45-46,58H,9-10,15-26H2,(H,47,53)(H,48,54)(H2,49,50,59)(H,51,55,56)/b12-11+. The molecule has 1 fully saturated rings. The summed E-state index contributed by atoms with van der Waals surface area (Å²) in [7, 11) is 0. The molecule has 2 aliphatic heterocycles. The first-order valence-electron chi connectivity index (χ1n) is 20.8. The zero-order valence-electron chi connectivity index (χ0n) is 35.0.